The van der Waals surface area contributed by atoms with Crippen LogP contribution in [0.4, 0.5) is 10.3 Å². The summed E-state index contributed by atoms with van der Waals surface area (Å²) in [7, 11) is 0. The molecule has 1 saturated heterocycles. The molecule has 2 aliphatic heterocycles. The molecular weight excluding hydrogens is 537 g/mol. The highest BCUT2D eigenvalue weighted by molar-refractivity contribution is 7.98. The summed E-state index contributed by atoms with van der Waals surface area (Å²) in [5.74, 6) is 0.497. The number of amides is 1. The standard InChI is InChI=1S/C28H30FN5O5S/c1-3-38-26(36)24-18(2)30-27-31-28(40-17-20-6-4-5-7-22(20)29)32-34(27)25(24)19-8-10-21(11-9-19)39-16-23(35)33-12-14-37-15-13-33/h4-11,25H,3,12-17H2,1-2H3,(H,30,31,32). The fraction of sp³-hybridized carbons (Fsp3) is 0.357. The number of fused-ring (bicyclic) bond motifs is 1. The fourth-order valence-electron chi connectivity index (χ4n) is 4.53. The monoisotopic (exact) mass is 567 g/mol. The number of aromatic nitrogens is 3. The summed E-state index contributed by atoms with van der Waals surface area (Å²) >= 11 is 1.30. The lowest BCUT2D eigenvalue weighted by atomic mass is 9.96. The normalized spacial score (nSPS) is 16.8. The van der Waals surface area contributed by atoms with E-state index in [4.69, 9.17) is 14.2 Å². The van der Waals surface area contributed by atoms with Gasteiger partial charge in [-0.15, -0.1) is 5.10 Å². The van der Waals surface area contributed by atoms with Crippen LogP contribution in [0.2, 0.25) is 0 Å². The van der Waals surface area contributed by atoms with E-state index in [1.165, 1.54) is 17.8 Å². The van der Waals surface area contributed by atoms with Gasteiger partial charge >= 0.3 is 5.97 Å². The third-order valence-corrected chi connectivity index (χ3v) is 7.45. The highest BCUT2D eigenvalue weighted by atomic mass is 32.2. The molecule has 1 aromatic heterocycles. The zero-order valence-corrected chi connectivity index (χ0v) is 23.1. The van der Waals surface area contributed by atoms with Crippen LogP contribution in [0.3, 0.4) is 0 Å². The van der Waals surface area contributed by atoms with Gasteiger partial charge in [-0.1, -0.05) is 42.1 Å². The van der Waals surface area contributed by atoms with Crippen LogP contribution in [0.25, 0.3) is 0 Å². The van der Waals surface area contributed by atoms with Crippen molar-refractivity contribution in [2.24, 2.45) is 0 Å². The number of nitrogens with one attached hydrogen (secondary N) is 1. The van der Waals surface area contributed by atoms with E-state index in [-0.39, 0.29) is 24.9 Å². The molecule has 0 bridgehead atoms. The summed E-state index contributed by atoms with van der Waals surface area (Å²) in [6.45, 7) is 5.86. The molecule has 0 spiro atoms. The van der Waals surface area contributed by atoms with E-state index in [2.05, 4.69) is 15.4 Å². The number of hydrogen-bond acceptors (Lipinski definition) is 9. The number of allylic oxidation sites excluding steroid dienone is 1. The summed E-state index contributed by atoms with van der Waals surface area (Å²) in [6, 6.07) is 13.1. The lowest BCUT2D eigenvalue weighted by molar-refractivity contribution is -0.139. The van der Waals surface area contributed by atoms with Gasteiger partial charge in [0.05, 0.1) is 25.4 Å². The SMILES string of the molecule is CCOC(=O)C1=C(C)Nc2nc(SCc3ccccc3F)nn2C1c1ccc(OCC(=O)N2CCOCC2)cc1. The number of anilines is 1. The first kappa shape index (κ1) is 27.7. The molecule has 0 aliphatic carbocycles. The Morgan fingerprint density at radius 2 is 1.90 bits per heavy atom. The second-order valence-corrected chi connectivity index (χ2v) is 10.1. The van der Waals surface area contributed by atoms with Crippen molar-refractivity contribution in [2.75, 3.05) is 44.8 Å². The quantitative estimate of drug-likeness (QED) is 0.305. The number of thioether (sulfide) groups is 1. The Morgan fingerprint density at radius 1 is 1.15 bits per heavy atom. The Morgan fingerprint density at radius 3 is 2.62 bits per heavy atom. The van der Waals surface area contributed by atoms with Gasteiger partial charge in [-0.2, -0.15) is 4.98 Å². The first-order valence-corrected chi connectivity index (χ1v) is 14.0. The maximum atomic E-state index is 14.1. The Balaban J connectivity index is 1.37. The zero-order chi connectivity index (χ0) is 28.1. The van der Waals surface area contributed by atoms with E-state index < -0.39 is 12.0 Å². The molecule has 5 rings (SSSR count). The first-order valence-electron chi connectivity index (χ1n) is 13.0. The van der Waals surface area contributed by atoms with Gasteiger partial charge in [-0.05, 0) is 43.2 Å². The van der Waals surface area contributed by atoms with Crippen molar-refractivity contribution in [3.05, 3.63) is 76.7 Å². The number of morpholine rings is 1. The van der Waals surface area contributed by atoms with Crippen LogP contribution in [-0.2, 0) is 24.8 Å². The second-order valence-electron chi connectivity index (χ2n) is 9.18. The van der Waals surface area contributed by atoms with E-state index in [0.717, 1.165) is 5.56 Å². The molecule has 1 amide bonds. The summed E-state index contributed by atoms with van der Waals surface area (Å²) in [4.78, 5) is 31.8. The van der Waals surface area contributed by atoms with Crippen molar-refractivity contribution in [1.82, 2.24) is 19.7 Å². The van der Waals surface area contributed by atoms with Crippen LogP contribution in [0.15, 0.2) is 65.0 Å². The molecule has 12 heteroatoms. The number of esters is 1. The van der Waals surface area contributed by atoms with Gasteiger partial charge in [0.15, 0.2) is 6.61 Å². The van der Waals surface area contributed by atoms with Crippen molar-refractivity contribution in [1.29, 1.82) is 0 Å². The van der Waals surface area contributed by atoms with Gasteiger partial charge in [0.25, 0.3) is 5.91 Å². The lowest BCUT2D eigenvalue weighted by Crippen LogP contribution is -2.42. The smallest absolute Gasteiger partial charge is 0.338 e. The molecule has 210 valence electrons. The van der Waals surface area contributed by atoms with Crippen LogP contribution < -0.4 is 10.1 Å². The number of hydrogen-bond donors (Lipinski definition) is 1. The molecule has 10 nitrogen and oxygen atoms in total. The molecule has 3 aromatic rings. The number of benzene rings is 2. The molecule has 2 aliphatic rings. The number of halogens is 1. The Kier molecular flexibility index (Phi) is 8.66. The van der Waals surface area contributed by atoms with E-state index in [9.17, 15) is 14.0 Å². The van der Waals surface area contributed by atoms with Gasteiger partial charge in [0, 0.05) is 24.5 Å². The summed E-state index contributed by atoms with van der Waals surface area (Å²) in [6.07, 6.45) is 0. The molecule has 3 heterocycles. The van der Waals surface area contributed by atoms with Gasteiger partial charge in [0.2, 0.25) is 11.1 Å². The van der Waals surface area contributed by atoms with Gasteiger partial charge in [0.1, 0.15) is 17.6 Å². The van der Waals surface area contributed by atoms with Gasteiger partial charge in [-0.25, -0.2) is 13.9 Å². The molecule has 1 N–H and O–H groups in total. The minimum Gasteiger partial charge on any atom is -0.484 e. The number of nitrogens with zero attached hydrogens (tertiary/aromatic N) is 4. The van der Waals surface area contributed by atoms with E-state index in [1.807, 2.05) is 12.1 Å². The van der Waals surface area contributed by atoms with Crippen molar-refractivity contribution in [2.45, 2.75) is 30.8 Å². The topological polar surface area (TPSA) is 108 Å². The van der Waals surface area contributed by atoms with Crippen LogP contribution in [0.5, 0.6) is 5.75 Å². The van der Waals surface area contributed by atoms with Crippen molar-refractivity contribution in [3.63, 3.8) is 0 Å². The molecule has 40 heavy (non-hydrogen) atoms. The Labute approximate surface area is 235 Å². The van der Waals surface area contributed by atoms with Crippen molar-refractivity contribution < 1.29 is 28.2 Å². The maximum absolute atomic E-state index is 14.1. The predicted molar refractivity (Wildman–Crippen MR) is 146 cm³/mol. The Hall–Kier alpha value is -3.90. The summed E-state index contributed by atoms with van der Waals surface area (Å²) < 4.78 is 32.2. The third kappa shape index (κ3) is 6.13. The van der Waals surface area contributed by atoms with Crippen LogP contribution >= 0.6 is 11.8 Å². The van der Waals surface area contributed by atoms with Crippen LogP contribution in [0, 0.1) is 5.82 Å². The van der Waals surface area contributed by atoms with Gasteiger partial charge in [-0.3, -0.25) is 4.79 Å². The third-order valence-electron chi connectivity index (χ3n) is 6.57. The fourth-order valence-corrected chi connectivity index (χ4v) is 5.34. The van der Waals surface area contributed by atoms with E-state index in [1.54, 1.807) is 53.8 Å². The Bertz CT molecular complexity index is 1400. The number of rotatable bonds is 9. The average Bonchev–Trinajstić information content (AvgIpc) is 3.38. The van der Waals surface area contributed by atoms with Crippen molar-refractivity contribution in [3.8, 4) is 5.75 Å². The maximum Gasteiger partial charge on any atom is 0.338 e. The van der Waals surface area contributed by atoms with Crippen LogP contribution in [-0.4, -0.2) is 71.1 Å². The number of ether oxygens (including phenoxy) is 3. The molecule has 0 radical (unpaired) electrons. The molecule has 2 aromatic carbocycles. The highest BCUT2D eigenvalue weighted by Gasteiger charge is 2.35. The number of carbonyl (C=O) groups excluding carboxylic acids is 2. The lowest BCUT2D eigenvalue weighted by Gasteiger charge is -2.28. The van der Waals surface area contributed by atoms with Crippen molar-refractivity contribution >= 4 is 29.6 Å². The van der Waals surface area contributed by atoms with E-state index in [0.29, 0.717) is 65.7 Å². The largest absolute Gasteiger partial charge is 0.484 e. The second kappa shape index (κ2) is 12.5. The zero-order valence-electron chi connectivity index (χ0n) is 22.3. The summed E-state index contributed by atoms with van der Waals surface area (Å²) in [5.41, 5.74) is 2.31. The minimum atomic E-state index is -0.616. The minimum absolute atomic E-state index is 0.0738. The highest BCUT2D eigenvalue weighted by Crippen LogP contribution is 2.37. The molecule has 1 fully saturated rings. The van der Waals surface area contributed by atoms with Gasteiger partial charge < -0.3 is 24.4 Å². The molecule has 1 unspecified atom stereocenters. The number of carbonyl (C=O) groups is 2. The van der Waals surface area contributed by atoms with E-state index >= 15 is 0 Å². The predicted octanol–water partition coefficient (Wildman–Crippen LogP) is 3.80. The first-order chi connectivity index (χ1) is 19.4. The molecular formula is C28H30FN5O5S. The summed E-state index contributed by atoms with van der Waals surface area (Å²) in [5, 5.41) is 8.26. The molecule has 0 saturated carbocycles. The van der Waals surface area contributed by atoms with Crippen LogP contribution in [0.1, 0.15) is 31.0 Å². The molecule has 1 atom stereocenters. The average molecular weight is 568 g/mol.